The first-order valence-electron chi connectivity index (χ1n) is 5.98. The number of ether oxygens (including phenoxy) is 1. The van der Waals surface area contributed by atoms with Crippen molar-refractivity contribution >= 4 is 5.97 Å². The van der Waals surface area contributed by atoms with E-state index in [0.29, 0.717) is 11.3 Å². The molecule has 1 aliphatic rings. The van der Waals surface area contributed by atoms with Crippen LogP contribution in [0.3, 0.4) is 0 Å². The van der Waals surface area contributed by atoms with Crippen LogP contribution >= 0.6 is 0 Å². The summed E-state index contributed by atoms with van der Waals surface area (Å²) in [5.74, 6) is 1.13. The van der Waals surface area contributed by atoms with Crippen molar-refractivity contribution in [1.29, 1.82) is 0 Å². The Morgan fingerprint density at radius 3 is 2.27 bits per heavy atom. The predicted molar refractivity (Wildman–Crippen MR) is 61.5 cm³/mol. The summed E-state index contributed by atoms with van der Waals surface area (Å²) in [6.07, 6.45) is 3.55. The molecule has 0 amide bonds. The van der Waals surface area contributed by atoms with Crippen molar-refractivity contribution in [3.63, 3.8) is 0 Å². The van der Waals surface area contributed by atoms with Crippen LogP contribution in [-0.2, 0) is 9.53 Å². The van der Waals surface area contributed by atoms with Gasteiger partial charge in [0, 0.05) is 6.92 Å². The van der Waals surface area contributed by atoms with E-state index >= 15 is 0 Å². The van der Waals surface area contributed by atoms with E-state index in [2.05, 4.69) is 27.7 Å². The van der Waals surface area contributed by atoms with Crippen LogP contribution in [0.2, 0.25) is 0 Å². The van der Waals surface area contributed by atoms with E-state index in [0.717, 1.165) is 12.3 Å². The summed E-state index contributed by atoms with van der Waals surface area (Å²) in [6.45, 7) is 10.6. The molecule has 15 heavy (non-hydrogen) atoms. The van der Waals surface area contributed by atoms with Gasteiger partial charge in [-0.15, -0.1) is 0 Å². The maximum atomic E-state index is 10.9. The quantitative estimate of drug-likeness (QED) is 0.623. The van der Waals surface area contributed by atoms with E-state index in [4.69, 9.17) is 4.74 Å². The molecule has 0 spiro atoms. The molecule has 1 saturated carbocycles. The maximum Gasteiger partial charge on any atom is 0.302 e. The van der Waals surface area contributed by atoms with Crippen molar-refractivity contribution in [3.05, 3.63) is 0 Å². The molecule has 0 radical (unpaired) electrons. The molecule has 0 aromatic carbocycles. The molecule has 0 heterocycles. The molecule has 0 aromatic heterocycles. The Balaban J connectivity index is 2.51. The summed E-state index contributed by atoms with van der Waals surface area (Å²) in [7, 11) is 0. The zero-order valence-electron chi connectivity index (χ0n) is 10.7. The highest BCUT2D eigenvalue weighted by Gasteiger charge is 2.34. The Kier molecular flexibility index (Phi) is 3.80. The van der Waals surface area contributed by atoms with Gasteiger partial charge in [-0.2, -0.15) is 0 Å². The molecule has 88 valence electrons. The number of hydrogen-bond donors (Lipinski definition) is 0. The Labute approximate surface area is 93.4 Å². The fraction of sp³-hybridized carbons (Fsp3) is 0.923. The third kappa shape index (κ3) is 3.51. The molecule has 0 N–H and O–H groups in total. The second-order valence-corrected chi connectivity index (χ2v) is 6.00. The van der Waals surface area contributed by atoms with Gasteiger partial charge >= 0.3 is 5.97 Å². The van der Waals surface area contributed by atoms with Crippen LogP contribution in [0.25, 0.3) is 0 Å². The first kappa shape index (κ1) is 12.5. The van der Waals surface area contributed by atoms with Crippen LogP contribution in [0.15, 0.2) is 0 Å². The van der Waals surface area contributed by atoms with Gasteiger partial charge in [-0.1, -0.05) is 27.7 Å². The summed E-state index contributed by atoms with van der Waals surface area (Å²) in [5, 5.41) is 0. The second-order valence-electron chi connectivity index (χ2n) is 6.00. The van der Waals surface area contributed by atoms with Crippen LogP contribution in [0.5, 0.6) is 0 Å². The zero-order chi connectivity index (χ0) is 11.6. The maximum absolute atomic E-state index is 10.9. The third-order valence-electron chi connectivity index (χ3n) is 3.63. The molecule has 0 aromatic rings. The van der Waals surface area contributed by atoms with Crippen LogP contribution in [0.4, 0.5) is 0 Å². The average Bonchev–Trinajstić information content (AvgIpc) is 2.05. The molecule has 3 atom stereocenters. The minimum absolute atomic E-state index is 0.138. The molecular weight excluding hydrogens is 188 g/mol. The van der Waals surface area contributed by atoms with Gasteiger partial charge < -0.3 is 4.74 Å². The number of esters is 1. The van der Waals surface area contributed by atoms with Crippen molar-refractivity contribution in [1.82, 2.24) is 0 Å². The molecule has 1 fully saturated rings. The zero-order valence-corrected chi connectivity index (χ0v) is 10.7. The molecule has 0 aliphatic heterocycles. The lowest BCUT2D eigenvalue weighted by molar-refractivity contribution is -0.151. The third-order valence-corrected chi connectivity index (χ3v) is 3.63. The van der Waals surface area contributed by atoms with Gasteiger partial charge in [-0.3, -0.25) is 4.79 Å². The molecule has 2 heteroatoms. The highest BCUT2D eigenvalue weighted by molar-refractivity contribution is 5.66. The lowest BCUT2D eigenvalue weighted by atomic mass is 9.68. The summed E-state index contributed by atoms with van der Waals surface area (Å²) in [6, 6.07) is 0. The minimum Gasteiger partial charge on any atom is -0.462 e. The topological polar surface area (TPSA) is 26.3 Å². The summed E-state index contributed by atoms with van der Waals surface area (Å²) < 4.78 is 5.33. The number of rotatable bonds is 1. The first-order chi connectivity index (χ1) is 6.80. The van der Waals surface area contributed by atoms with Crippen LogP contribution in [-0.4, -0.2) is 12.1 Å². The largest absolute Gasteiger partial charge is 0.462 e. The molecule has 0 bridgehead atoms. The fourth-order valence-corrected chi connectivity index (χ4v) is 2.54. The average molecular weight is 212 g/mol. The first-order valence-corrected chi connectivity index (χ1v) is 5.98. The summed E-state index contributed by atoms with van der Waals surface area (Å²) in [4.78, 5) is 10.9. The highest BCUT2D eigenvalue weighted by atomic mass is 16.5. The number of carbonyl (C=O) groups excluding carboxylic acids is 1. The van der Waals surface area contributed by atoms with Gasteiger partial charge in [0.05, 0.1) is 0 Å². The van der Waals surface area contributed by atoms with Crippen molar-refractivity contribution in [2.24, 2.45) is 17.3 Å². The van der Waals surface area contributed by atoms with Crippen molar-refractivity contribution in [2.45, 2.75) is 60.0 Å². The van der Waals surface area contributed by atoms with Crippen molar-refractivity contribution in [2.75, 3.05) is 0 Å². The van der Waals surface area contributed by atoms with Gasteiger partial charge in [-0.25, -0.2) is 0 Å². The molecule has 0 saturated heterocycles. The van der Waals surface area contributed by atoms with E-state index in [1.165, 1.54) is 19.8 Å². The van der Waals surface area contributed by atoms with Crippen LogP contribution in [0, 0.1) is 17.3 Å². The Morgan fingerprint density at radius 2 is 1.87 bits per heavy atom. The Morgan fingerprint density at radius 1 is 1.27 bits per heavy atom. The van der Waals surface area contributed by atoms with E-state index in [-0.39, 0.29) is 12.1 Å². The van der Waals surface area contributed by atoms with Gasteiger partial charge in [0.2, 0.25) is 0 Å². The summed E-state index contributed by atoms with van der Waals surface area (Å²) >= 11 is 0. The van der Waals surface area contributed by atoms with Crippen LogP contribution in [0.1, 0.15) is 53.9 Å². The standard InChI is InChI=1S/C13H24O2/c1-9-8-11(13(3,4)5)6-7-12(9)15-10(2)14/h9,11-12H,6-8H2,1-5H3. The highest BCUT2D eigenvalue weighted by Crippen LogP contribution is 2.40. The van der Waals surface area contributed by atoms with Gasteiger partial charge in [0.15, 0.2) is 0 Å². The minimum atomic E-state index is -0.138. The smallest absolute Gasteiger partial charge is 0.302 e. The number of carbonyl (C=O) groups is 1. The van der Waals surface area contributed by atoms with Crippen molar-refractivity contribution < 1.29 is 9.53 Å². The van der Waals surface area contributed by atoms with Gasteiger partial charge in [0.25, 0.3) is 0 Å². The molecular formula is C13H24O2. The van der Waals surface area contributed by atoms with Gasteiger partial charge in [-0.05, 0) is 36.5 Å². The lowest BCUT2D eigenvalue weighted by Gasteiger charge is -2.40. The molecule has 2 nitrogen and oxygen atoms in total. The van der Waals surface area contributed by atoms with Gasteiger partial charge in [0.1, 0.15) is 6.10 Å². The molecule has 3 unspecified atom stereocenters. The van der Waals surface area contributed by atoms with E-state index in [1.54, 1.807) is 0 Å². The molecule has 1 rings (SSSR count). The number of hydrogen-bond acceptors (Lipinski definition) is 2. The normalized spacial score (nSPS) is 32.5. The Hall–Kier alpha value is -0.530. The second kappa shape index (κ2) is 4.54. The van der Waals surface area contributed by atoms with E-state index in [9.17, 15) is 4.79 Å². The van der Waals surface area contributed by atoms with E-state index < -0.39 is 0 Å². The van der Waals surface area contributed by atoms with E-state index in [1.807, 2.05) is 0 Å². The predicted octanol–water partition coefficient (Wildman–Crippen LogP) is 3.40. The monoisotopic (exact) mass is 212 g/mol. The van der Waals surface area contributed by atoms with Crippen molar-refractivity contribution in [3.8, 4) is 0 Å². The summed E-state index contributed by atoms with van der Waals surface area (Å²) in [5.41, 5.74) is 0.384. The Bertz CT molecular complexity index is 227. The fourth-order valence-electron chi connectivity index (χ4n) is 2.54. The molecule has 1 aliphatic carbocycles. The van der Waals surface area contributed by atoms with Crippen LogP contribution < -0.4 is 0 Å². The SMILES string of the molecule is CC(=O)OC1CCC(C(C)(C)C)CC1C. The lowest BCUT2D eigenvalue weighted by Crippen LogP contribution is -2.35.